The molecule has 0 radical (unpaired) electrons. The number of ether oxygens (including phenoxy) is 2. The van der Waals surface area contributed by atoms with E-state index in [4.69, 9.17) is 9.47 Å². The number of carbonyl (C=O) groups is 3. The number of aromatic hydroxyl groups is 1. The average Bonchev–Trinajstić information content (AvgIpc) is 2.65. The molecule has 1 atom stereocenters. The quantitative estimate of drug-likeness (QED) is 0.719. The first-order chi connectivity index (χ1) is 12.9. The molecule has 2 N–H and O–H groups in total. The van der Waals surface area contributed by atoms with E-state index in [1.54, 1.807) is 13.0 Å². The van der Waals surface area contributed by atoms with Crippen molar-refractivity contribution < 1.29 is 29.0 Å². The third-order valence-corrected chi connectivity index (χ3v) is 3.81. The van der Waals surface area contributed by atoms with Crippen LogP contribution in [0.2, 0.25) is 0 Å². The Bertz CT molecular complexity index is 818. The summed E-state index contributed by atoms with van der Waals surface area (Å²) >= 11 is 0. The number of rotatable bonds is 7. The molecular formula is C20H21NO6. The number of hydrogen-bond acceptors (Lipinski definition) is 6. The summed E-state index contributed by atoms with van der Waals surface area (Å²) < 4.78 is 9.62. The molecule has 0 aliphatic rings. The van der Waals surface area contributed by atoms with E-state index in [0.717, 1.165) is 11.1 Å². The fourth-order valence-electron chi connectivity index (χ4n) is 2.44. The van der Waals surface area contributed by atoms with E-state index in [0.29, 0.717) is 0 Å². The van der Waals surface area contributed by atoms with Crippen LogP contribution >= 0.6 is 0 Å². The van der Waals surface area contributed by atoms with Crippen molar-refractivity contribution in [1.29, 1.82) is 0 Å². The molecule has 0 unspecified atom stereocenters. The Kier molecular flexibility index (Phi) is 6.93. The molecular weight excluding hydrogens is 350 g/mol. The number of nitrogens with one attached hydrogen (secondary N) is 1. The molecule has 2 aromatic rings. The highest BCUT2D eigenvalue weighted by Crippen LogP contribution is 2.19. The molecule has 0 spiro atoms. The van der Waals surface area contributed by atoms with Crippen LogP contribution in [0.3, 0.4) is 0 Å². The van der Waals surface area contributed by atoms with Gasteiger partial charge in [-0.2, -0.15) is 0 Å². The molecule has 0 aromatic heterocycles. The topological polar surface area (TPSA) is 102 Å². The van der Waals surface area contributed by atoms with Crippen molar-refractivity contribution in [2.75, 3.05) is 13.7 Å². The molecule has 2 rings (SSSR count). The van der Waals surface area contributed by atoms with E-state index < -0.39 is 30.5 Å². The van der Waals surface area contributed by atoms with Gasteiger partial charge in [-0.25, -0.2) is 9.59 Å². The lowest BCUT2D eigenvalue weighted by Gasteiger charge is -2.16. The summed E-state index contributed by atoms with van der Waals surface area (Å²) in [6.07, 6.45) is 0.242. The Morgan fingerprint density at radius 1 is 1.11 bits per heavy atom. The van der Waals surface area contributed by atoms with Crippen LogP contribution in [0, 0.1) is 6.92 Å². The fraction of sp³-hybridized carbons (Fsp3) is 0.250. The highest BCUT2D eigenvalue weighted by Gasteiger charge is 2.23. The van der Waals surface area contributed by atoms with Crippen molar-refractivity contribution in [2.24, 2.45) is 0 Å². The van der Waals surface area contributed by atoms with Crippen molar-refractivity contribution in [3.63, 3.8) is 0 Å². The van der Waals surface area contributed by atoms with Gasteiger partial charge >= 0.3 is 11.9 Å². The smallest absolute Gasteiger partial charge is 0.342 e. The Labute approximate surface area is 156 Å². The maximum Gasteiger partial charge on any atom is 0.342 e. The van der Waals surface area contributed by atoms with Crippen LogP contribution in [0.1, 0.15) is 21.5 Å². The van der Waals surface area contributed by atoms with Gasteiger partial charge in [-0.05, 0) is 30.2 Å². The molecule has 0 saturated carbocycles. The largest absolute Gasteiger partial charge is 0.507 e. The van der Waals surface area contributed by atoms with Gasteiger partial charge in [0.25, 0.3) is 5.91 Å². The average molecular weight is 371 g/mol. The second-order valence-electron chi connectivity index (χ2n) is 5.93. The molecule has 0 aliphatic heterocycles. The van der Waals surface area contributed by atoms with Crippen molar-refractivity contribution >= 4 is 17.8 Å². The van der Waals surface area contributed by atoms with E-state index in [-0.39, 0.29) is 17.7 Å². The Morgan fingerprint density at radius 2 is 1.81 bits per heavy atom. The summed E-state index contributed by atoms with van der Waals surface area (Å²) in [5.74, 6) is -2.31. The first-order valence-corrected chi connectivity index (χ1v) is 8.28. The summed E-state index contributed by atoms with van der Waals surface area (Å²) in [6.45, 7) is 1.18. The molecule has 0 saturated heterocycles. The number of esters is 2. The molecule has 0 heterocycles. The van der Waals surface area contributed by atoms with Crippen LogP contribution in [0.15, 0.2) is 48.5 Å². The van der Waals surface area contributed by atoms with Gasteiger partial charge in [0.1, 0.15) is 17.4 Å². The van der Waals surface area contributed by atoms with Gasteiger partial charge in [0.05, 0.1) is 7.11 Å². The van der Waals surface area contributed by atoms with Gasteiger partial charge in [-0.15, -0.1) is 0 Å². The highest BCUT2D eigenvalue weighted by atomic mass is 16.5. The second kappa shape index (κ2) is 9.38. The summed E-state index contributed by atoms with van der Waals surface area (Å²) in [7, 11) is 1.23. The van der Waals surface area contributed by atoms with Crippen molar-refractivity contribution in [2.45, 2.75) is 19.4 Å². The number of methoxy groups -OCH3 is 1. The van der Waals surface area contributed by atoms with E-state index in [9.17, 15) is 19.5 Å². The summed E-state index contributed by atoms with van der Waals surface area (Å²) in [4.78, 5) is 36.0. The number of phenols is 1. The molecule has 0 bridgehead atoms. The minimum atomic E-state index is -0.906. The lowest BCUT2D eigenvalue weighted by atomic mass is 10.1. The molecule has 27 heavy (non-hydrogen) atoms. The van der Waals surface area contributed by atoms with Crippen LogP contribution in [0.25, 0.3) is 0 Å². The molecule has 0 fully saturated rings. The first-order valence-electron chi connectivity index (χ1n) is 8.28. The van der Waals surface area contributed by atoms with Crippen molar-refractivity contribution in [3.8, 4) is 5.75 Å². The van der Waals surface area contributed by atoms with Gasteiger partial charge in [0, 0.05) is 6.42 Å². The molecule has 7 nitrogen and oxygen atoms in total. The summed E-state index contributed by atoms with van der Waals surface area (Å²) in [5, 5.41) is 12.3. The van der Waals surface area contributed by atoms with Gasteiger partial charge < -0.3 is 19.9 Å². The van der Waals surface area contributed by atoms with Gasteiger partial charge in [0.15, 0.2) is 6.61 Å². The van der Waals surface area contributed by atoms with Gasteiger partial charge in [-0.3, -0.25) is 4.79 Å². The van der Waals surface area contributed by atoms with E-state index >= 15 is 0 Å². The van der Waals surface area contributed by atoms with Crippen LogP contribution in [-0.2, 0) is 25.5 Å². The maximum absolute atomic E-state index is 12.1. The normalized spacial score (nSPS) is 11.3. The molecule has 7 heteroatoms. The van der Waals surface area contributed by atoms with Gasteiger partial charge in [0.2, 0.25) is 0 Å². The zero-order valence-electron chi connectivity index (χ0n) is 15.1. The Hall–Kier alpha value is -3.35. The lowest BCUT2D eigenvalue weighted by Crippen LogP contribution is -2.44. The third-order valence-electron chi connectivity index (χ3n) is 3.81. The van der Waals surface area contributed by atoms with E-state index in [2.05, 4.69) is 5.32 Å². The number of aryl methyl sites for hydroxylation is 1. The molecule has 2 aromatic carbocycles. The monoisotopic (exact) mass is 371 g/mol. The summed E-state index contributed by atoms with van der Waals surface area (Å²) in [6, 6.07) is 12.7. The van der Waals surface area contributed by atoms with Crippen LogP contribution < -0.4 is 5.32 Å². The summed E-state index contributed by atoms with van der Waals surface area (Å²) in [5.41, 5.74) is 1.58. The van der Waals surface area contributed by atoms with Gasteiger partial charge in [-0.1, -0.05) is 36.4 Å². The minimum Gasteiger partial charge on any atom is -0.507 e. The highest BCUT2D eigenvalue weighted by molar-refractivity contribution is 5.94. The Morgan fingerprint density at radius 3 is 2.44 bits per heavy atom. The van der Waals surface area contributed by atoms with Crippen molar-refractivity contribution in [3.05, 3.63) is 65.2 Å². The zero-order chi connectivity index (χ0) is 19.8. The van der Waals surface area contributed by atoms with E-state index in [1.807, 2.05) is 30.3 Å². The minimum absolute atomic E-state index is 0.0396. The number of phenolic OH excluding ortho intramolecular Hbond substituents is 1. The fourth-order valence-corrected chi connectivity index (χ4v) is 2.44. The Balaban J connectivity index is 1.94. The van der Waals surface area contributed by atoms with E-state index in [1.165, 1.54) is 19.2 Å². The first kappa shape index (κ1) is 20.0. The molecule has 1 amide bonds. The molecule has 0 aliphatic carbocycles. The second-order valence-corrected chi connectivity index (χ2v) is 5.93. The standard InChI is InChI=1S/C20H21NO6/c1-13-8-9-15(17(22)10-13)19(24)27-12-18(23)21-16(20(25)26-2)11-14-6-4-3-5-7-14/h3-10,16,22H,11-12H2,1-2H3,(H,21,23)/t16-/m1/s1. The predicted octanol–water partition coefficient (Wildman–Crippen LogP) is 1.76. The molecule has 142 valence electrons. The zero-order valence-corrected chi connectivity index (χ0v) is 15.1. The predicted molar refractivity (Wildman–Crippen MR) is 97.2 cm³/mol. The lowest BCUT2D eigenvalue weighted by molar-refractivity contribution is -0.145. The van der Waals surface area contributed by atoms with Crippen LogP contribution in [0.4, 0.5) is 0 Å². The number of benzene rings is 2. The third kappa shape index (κ3) is 5.85. The number of carbonyl (C=O) groups excluding carboxylic acids is 3. The van der Waals surface area contributed by atoms with Crippen LogP contribution in [-0.4, -0.2) is 42.7 Å². The SMILES string of the molecule is COC(=O)[C@@H](Cc1ccccc1)NC(=O)COC(=O)c1ccc(C)cc1O. The number of hydrogen-bond donors (Lipinski definition) is 2. The van der Waals surface area contributed by atoms with Crippen LogP contribution in [0.5, 0.6) is 5.75 Å². The maximum atomic E-state index is 12.1. The van der Waals surface area contributed by atoms with Crippen molar-refractivity contribution in [1.82, 2.24) is 5.32 Å². The number of amides is 1.